The summed E-state index contributed by atoms with van der Waals surface area (Å²) >= 11 is 0. The molecular weight excluding hydrogens is 362 g/mol. The highest BCUT2D eigenvalue weighted by atomic mass is 32.2. The van der Waals surface area contributed by atoms with Crippen molar-refractivity contribution < 1.29 is 13.2 Å². The van der Waals surface area contributed by atoms with E-state index in [2.05, 4.69) is 17.1 Å². The number of amides is 1. The van der Waals surface area contributed by atoms with Crippen LogP contribution in [0.2, 0.25) is 0 Å². The van der Waals surface area contributed by atoms with Crippen LogP contribution in [0.1, 0.15) is 55.8 Å². The highest BCUT2D eigenvalue weighted by molar-refractivity contribution is 7.89. The average molecular weight is 394 g/mol. The molecule has 6 nitrogen and oxygen atoms in total. The number of nitrogens with one attached hydrogen (secondary N) is 1. The Balaban J connectivity index is 1.66. The fourth-order valence-electron chi connectivity index (χ4n) is 4.00. The van der Waals surface area contributed by atoms with E-state index in [-0.39, 0.29) is 10.8 Å². The van der Waals surface area contributed by atoms with Gasteiger partial charge in [-0.2, -0.15) is 4.31 Å². The lowest BCUT2D eigenvalue weighted by Crippen LogP contribution is -2.42. The van der Waals surface area contributed by atoms with Crippen LogP contribution in [-0.2, 0) is 10.0 Å². The second-order valence-corrected chi connectivity index (χ2v) is 9.45. The minimum Gasteiger partial charge on any atom is -0.350 e. The van der Waals surface area contributed by atoms with Crippen LogP contribution in [-0.4, -0.2) is 62.3 Å². The van der Waals surface area contributed by atoms with E-state index in [9.17, 15) is 13.2 Å². The fraction of sp³-hybridized carbons (Fsp3) is 0.650. The molecule has 7 heteroatoms. The minimum atomic E-state index is -3.52. The molecule has 0 aromatic heterocycles. The second kappa shape index (κ2) is 9.17. The van der Waals surface area contributed by atoms with Crippen LogP contribution in [0, 0.1) is 0 Å². The van der Waals surface area contributed by atoms with Gasteiger partial charge in [0.05, 0.1) is 4.90 Å². The Labute approximate surface area is 163 Å². The number of hydrogen-bond donors (Lipinski definition) is 1. The molecule has 3 rings (SSSR count). The Morgan fingerprint density at radius 3 is 2.41 bits per heavy atom. The van der Waals surface area contributed by atoms with E-state index < -0.39 is 10.0 Å². The Morgan fingerprint density at radius 2 is 1.74 bits per heavy atom. The largest absolute Gasteiger partial charge is 0.350 e. The normalized spacial score (nSPS) is 20.5. The van der Waals surface area contributed by atoms with E-state index in [4.69, 9.17) is 0 Å². The standard InChI is InChI=1S/C20H31N3O3S/c1-2-18(22-11-6-7-12-22)16-21-20(24)17-9-8-10-19(15-17)27(25,26)23-13-4-3-5-14-23/h8-10,15,18H,2-7,11-14,16H2,1H3,(H,21,24). The van der Waals surface area contributed by atoms with E-state index in [1.54, 1.807) is 18.2 Å². The summed E-state index contributed by atoms with van der Waals surface area (Å²) in [7, 11) is -3.52. The molecule has 0 saturated carbocycles. The summed E-state index contributed by atoms with van der Waals surface area (Å²) in [4.78, 5) is 15.2. The Morgan fingerprint density at radius 1 is 1.07 bits per heavy atom. The Hall–Kier alpha value is -1.44. The molecule has 0 spiro atoms. The maximum atomic E-state index is 12.8. The molecule has 27 heavy (non-hydrogen) atoms. The molecule has 2 aliphatic rings. The predicted octanol–water partition coefficient (Wildman–Crippen LogP) is 2.47. The second-order valence-electron chi connectivity index (χ2n) is 7.51. The molecule has 1 amide bonds. The zero-order valence-corrected chi connectivity index (χ0v) is 17.0. The van der Waals surface area contributed by atoms with Crippen LogP contribution in [0.25, 0.3) is 0 Å². The van der Waals surface area contributed by atoms with Crippen LogP contribution in [0.15, 0.2) is 29.2 Å². The molecule has 150 valence electrons. The minimum absolute atomic E-state index is 0.205. The summed E-state index contributed by atoms with van der Waals surface area (Å²) in [5, 5.41) is 3.00. The molecule has 2 heterocycles. The van der Waals surface area contributed by atoms with E-state index in [0.717, 1.165) is 38.8 Å². The SMILES string of the molecule is CCC(CNC(=O)c1cccc(S(=O)(=O)N2CCCCC2)c1)N1CCCC1. The monoisotopic (exact) mass is 393 g/mol. The molecule has 1 N–H and O–H groups in total. The molecule has 1 aromatic rings. The molecule has 2 aliphatic heterocycles. The van der Waals surface area contributed by atoms with Gasteiger partial charge in [-0.05, 0) is 63.4 Å². The van der Waals surface area contributed by atoms with Crippen LogP contribution in [0.3, 0.4) is 0 Å². The van der Waals surface area contributed by atoms with Gasteiger partial charge in [-0.1, -0.05) is 19.4 Å². The zero-order chi connectivity index (χ0) is 19.3. The summed E-state index contributed by atoms with van der Waals surface area (Å²) in [5.74, 6) is -0.205. The topological polar surface area (TPSA) is 69.7 Å². The van der Waals surface area contributed by atoms with Gasteiger partial charge in [0.2, 0.25) is 10.0 Å². The van der Waals surface area contributed by atoms with Crippen LogP contribution in [0.5, 0.6) is 0 Å². The first-order chi connectivity index (χ1) is 13.0. The van der Waals surface area contributed by atoms with Gasteiger partial charge in [0.1, 0.15) is 0 Å². The van der Waals surface area contributed by atoms with Gasteiger partial charge in [-0.3, -0.25) is 9.69 Å². The van der Waals surface area contributed by atoms with Crippen molar-refractivity contribution in [3.05, 3.63) is 29.8 Å². The Bertz CT molecular complexity index is 739. The average Bonchev–Trinajstić information content (AvgIpc) is 3.24. The molecular formula is C20H31N3O3S. The van der Waals surface area contributed by atoms with Crippen molar-refractivity contribution in [3.8, 4) is 0 Å². The maximum Gasteiger partial charge on any atom is 0.251 e. The smallest absolute Gasteiger partial charge is 0.251 e. The first-order valence-electron chi connectivity index (χ1n) is 10.1. The summed E-state index contributed by atoms with van der Waals surface area (Å²) in [6, 6.07) is 6.78. The van der Waals surface area contributed by atoms with Crippen molar-refractivity contribution >= 4 is 15.9 Å². The van der Waals surface area contributed by atoms with Crippen molar-refractivity contribution in [1.82, 2.24) is 14.5 Å². The lowest BCUT2D eigenvalue weighted by atomic mass is 10.1. The van der Waals surface area contributed by atoms with E-state index in [1.807, 2.05) is 0 Å². The number of nitrogens with zero attached hydrogens (tertiary/aromatic N) is 2. The van der Waals surface area contributed by atoms with Crippen molar-refractivity contribution in [1.29, 1.82) is 0 Å². The lowest BCUT2D eigenvalue weighted by Gasteiger charge is -2.27. The number of benzene rings is 1. The molecule has 0 aliphatic carbocycles. The van der Waals surface area contributed by atoms with Crippen LogP contribution in [0.4, 0.5) is 0 Å². The molecule has 0 bridgehead atoms. The summed E-state index contributed by atoms with van der Waals surface area (Å²) in [6.07, 6.45) is 6.30. The zero-order valence-electron chi connectivity index (χ0n) is 16.2. The van der Waals surface area contributed by atoms with Crippen LogP contribution < -0.4 is 5.32 Å². The van der Waals surface area contributed by atoms with Gasteiger partial charge in [0.15, 0.2) is 0 Å². The summed E-state index contributed by atoms with van der Waals surface area (Å²) in [6.45, 7) is 6.05. The fourth-order valence-corrected chi connectivity index (χ4v) is 5.57. The van der Waals surface area contributed by atoms with Gasteiger partial charge in [0, 0.05) is 31.2 Å². The van der Waals surface area contributed by atoms with Gasteiger partial charge < -0.3 is 5.32 Å². The number of rotatable bonds is 7. The predicted molar refractivity (Wildman–Crippen MR) is 106 cm³/mol. The maximum absolute atomic E-state index is 12.8. The third kappa shape index (κ3) is 4.89. The highest BCUT2D eigenvalue weighted by Crippen LogP contribution is 2.21. The van der Waals surface area contributed by atoms with Gasteiger partial charge in [-0.25, -0.2) is 8.42 Å². The molecule has 1 atom stereocenters. The number of piperidine rings is 1. The quantitative estimate of drug-likeness (QED) is 0.773. The third-order valence-corrected chi connectivity index (χ3v) is 7.57. The van der Waals surface area contributed by atoms with Gasteiger partial charge in [0.25, 0.3) is 5.91 Å². The van der Waals surface area contributed by atoms with Crippen molar-refractivity contribution in [3.63, 3.8) is 0 Å². The molecule has 1 unspecified atom stereocenters. The molecule has 1 aromatic carbocycles. The molecule has 2 fully saturated rings. The Kier molecular flexibility index (Phi) is 6.89. The van der Waals surface area contributed by atoms with Crippen molar-refractivity contribution in [2.45, 2.75) is 56.4 Å². The van der Waals surface area contributed by atoms with Gasteiger partial charge >= 0.3 is 0 Å². The number of hydrogen-bond acceptors (Lipinski definition) is 4. The third-order valence-electron chi connectivity index (χ3n) is 5.68. The number of likely N-dealkylation sites (tertiary alicyclic amines) is 1. The van der Waals surface area contributed by atoms with E-state index >= 15 is 0 Å². The van der Waals surface area contributed by atoms with Crippen molar-refractivity contribution in [2.75, 3.05) is 32.7 Å². The lowest BCUT2D eigenvalue weighted by molar-refractivity contribution is 0.0937. The van der Waals surface area contributed by atoms with Crippen LogP contribution >= 0.6 is 0 Å². The van der Waals surface area contributed by atoms with Crippen molar-refractivity contribution in [2.24, 2.45) is 0 Å². The first-order valence-corrected chi connectivity index (χ1v) is 11.6. The van der Waals surface area contributed by atoms with E-state index in [0.29, 0.717) is 31.2 Å². The highest BCUT2D eigenvalue weighted by Gasteiger charge is 2.27. The van der Waals surface area contributed by atoms with E-state index in [1.165, 1.54) is 23.2 Å². The summed E-state index contributed by atoms with van der Waals surface area (Å²) in [5.41, 5.74) is 0.407. The first kappa shape index (κ1) is 20.3. The summed E-state index contributed by atoms with van der Waals surface area (Å²) < 4.78 is 27.2. The number of sulfonamides is 1. The number of carbonyl (C=O) groups excluding carboxylic acids is 1. The molecule has 2 saturated heterocycles. The molecule has 0 radical (unpaired) electrons. The van der Waals surface area contributed by atoms with Gasteiger partial charge in [-0.15, -0.1) is 0 Å². The number of carbonyl (C=O) groups is 1.